The molecule has 0 aliphatic carbocycles. The summed E-state index contributed by atoms with van der Waals surface area (Å²) in [4.78, 5) is 7.80. The Bertz CT molecular complexity index is 585. The monoisotopic (exact) mass is 284 g/mol. The van der Waals surface area contributed by atoms with E-state index in [2.05, 4.69) is 9.97 Å². The standard InChI is InChI=1S/C13H15F3N4/c1-8(2)20-7-11(13(14,15)16)19-12(20)10-4-3-9(5-17)6-18-10/h3-4,6-8H,5,17H2,1-2H3. The minimum absolute atomic E-state index is 0.149. The van der Waals surface area contributed by atoms with Gasteiger partial charge in [0.25, 0.3) is 0 Å². The predicted octanol–water partition coefficient (Wildman–Crippen LogP) is 3.00. The molecule has 0 saturated carbocycles. The van der Waals surface area contributed by atoms with E-state index in [1.807, 2.05) is 0 Å². The van der Waals surface area contributed by atoms with Crippen LogP contribution < -0.4 is 5.73 Å². The van der Waals surface area contributed by atoms with Crippen LogP contribution in [0.25, 0.3) is 11.5 Å². The van der Waals surface area contributed by atoms with E-state index in [-0.39, 0.29) is 11.9 Å². The number of nitrogens with zero attached hydrogens (tertiary/aromatic N) is 3. The fourth-order valence-electron chi connectivity index (χ4n) is 1.79. The number of halogens is 3. The molecule has 0 radical (unpaired) electrons. The first-order chi connectivity index (χ1) is 9.32. The van der Waals surface area contributed by atoms with Gasteiger partial charge in [0.1, 0.15) is 5.69 Å². The highest BCUT2D eigenvalue weighted by atomic mass is 19.4. The number of imidazole rings is 1. The van der Waals surface area contributed by atoms with Crippen LogP contribution in [0.3, 0.4) is 0 Å². The lowest BCUT2D eigenvalue weighted by atomic mass is 10.2. The highest BCUT2D eigenvalue weighted by molar-refractivity contribution is 5.51. The van der Waals surface area contributed by atoms with Gasteiger partial charge in [-0.15, -0.1) is 0 Å². The molecule has 20 heavy (non-hydrogen) atoms. The van der Waals surface area contributed by atoms with Gasteiger partial charge in [0.15, 0.2) is 11.5 Å². The van der Waals surface area contributed by atoms with Crippen molar-refractivity contribution in [2.24, 2.45) is 5.73 Å². The fourth-order valence-corrected chi connectivity index (χ4v) is 1.79. The van der Waals surface area contributed by atoms with E-state index in [1.54, 1.807) is 32.2 Å². The third-order valence-electron chi connectivity index (χ3n) is 2.87. The van der Waals surface area contributed by atoms with Crippen molar-refractivity contribution in [3.8, 4) is 11.5 Å². The summed E-state index contributed by atoms with van der Waals surface area (Å²) in [6, 6.07) is 3.21. The predicted molar refractivity (Wildman–Crippen MR) is 68.7 cm³/mol. The van der Waals surface area contributed by atoms with Gasteiger partial charge in [-0.1, -0.05) is 6.07 Å². The second kappa shape index (κ2) is 5.24. The molecular weight excluding hydrogens is 269 g/mol. The van der Waals surface area contributed by atoms with Crippen molar-refractivity contribution >= 4 is 0 Å². The van der Waals surface area contributed by atoms with Crippen molar-refractivity contribution in [2.75, 3.05) is 0 Å². The van der Waals surface area contributed by atoms with Crippen molar-refractivity contribution in [1.82, 2.24) is 14.5 Å². The second-order valence-corrected chi connectivity index (χ2v) is 4.70. The van der Waals surface area contributed by atoms with E-state index >= 15 is 0 Å². The molecule has 0 amide bonds. The molecule has 0 atom stereocenters. The van der Waals surface area contributed by atoms with Crippen LogP contribution in [0.15, 0.2) is 24.5 Å². The van der Waals surface area contributed by atoms with Crippen LogP contribution in [0.1, 0.15) is 31.1 Å². The van der Waals surface area contributed by atoms with E-state index in [1.165, 1.54) is 4.57 Å². The molecule has 0 aliphatic heterocycles. The van der Waals surface area contributed by atoms with Gasteiger partial charge in [0, 0.05) is 25.0 Å². The average molecular weight is 284 g/mol. The summed E-state index contributed by atoms with van der Waals surface area (Å²) in [5.41, 5.74) is 5.76. The number of hydrogen-bond donors (Lipinski definition) is 1. The number of aromatic nitrogens is 3. The Hall–Kier alpha value is -1.89. The van der Waals surface area contributed by atoms with Crippen molar-refractivity contribution in [3.63, 3.8) is 0 Å². The van der Waals surface area contributed by atoms with Crippen LogP contribution in [-0.4, -0.2) is 14.5 Å². The van der Waals surface area contributed by atoms with Crippen LogP contribution in [0.2, 0.25) is 0 Å². The summed E-state index contributed by atoms with van der Waals surface area (Å²) in [6.07, 6.45) is -1.91. The third kappa shape index (κ3) is 2.82. The lowest BCUT2D eigenvalue weighted by molar-refractivity contribution is -0.140. The molecule has 2 N–H and O–H groups in total. The second-order valence-electron chi connectivity index (χ2n) is 4.70. The highest BCUT2D eigenvalue weighted by Crippen LogP contribution is 2.31. The molecule has 0 spiro atoms. The molecule has 0 aliphatic rings. The van der Waals surface area contributed by atoms with Crippen LogP contribution in [0, 0.1) is 0 Å². The average Bonchev–Trinajstić information content (AvgIpc) is 2.84. The van der Waals surface area contributed by atoms with E-state index < -0.39 is 11.9 Å². The molecule has 0 unspecified atom stereocenters. The minimum atomic E-state index is -4.47. The van der Waals surface area contributed by atoms with Gasteiger partial charge in [0.05, 0.1) is 0 Å². The third-order valence-corrected chi connectivity index (χ3v) is 2.87. The van der Waals surface area contributed by atoms with Gasteiger partial charge in [0.2, 0.25) is 0 Å². The molecule has 2 aromatic heterocycles. The van der Waals surface area contributed by atoms with Gasteiger partial charge < -0.3 is 10.3 Å². The Morgan fingerprint density at radius 2 is 2.00 bits per heavy atom. The van der Waals surface area contributed by atoms with E-state index in [0.29, 0.717) is 12.2 Å². The number of nitrogens with two attached hydrogens (primary N) is 1. The molecule has 0 aromatic carbocycles. The van der Waals surface area contributed by atoms with Gasteiger partial charge in [-0.2, -0.15) is 13.2 Å². The number of pyridine rings is 1. The zero-order valence-electron chi connectivity index (χ0n) is 11.1. The molecule has 0 bridgehead atoms. The summed E-state index contributed by atoms with van der Waals surface area (Å²) < 4.78 is 39.8. The SMILES string of the molecule is CC(C)n1cc(C(F)(F)F)nc1-c1ccc(CN)cn1. The number of rotatable bonds is 3. The lowest BCUT2D eigenvalue weighted by Crippen LogP contribution is -2.05. The molecule has 0 fully saturated rings. The molecule has 2 rings (SSSR count). The number of hydrogen-bond acceptors (Lipinski definition) is 3. The molecule has 108 valence electrons. The Balaban J connectivity index is 2.50. The van der Waals surface area contributed by atoms with Gasteiger partial charge >= 0.3 is 6.18 Å². The number of alkyl halides is 3. The topological polar surface area (TPSA) is 56.7 Å². The van der Waals surface area contributed by atoms with Gasteiger partial charge in [-0.3, -0.25) is 4.98 Å². The summed E-state index contributed by atoms with van der Waals surface area (Å²) in [6.45, 7) is 3.92. The van der Waals surface area contributed by atoms with Crippen molar-refractivity contribution in [2.45, 2.75) is 32.6 Å². The Morgan fingerprint density at radius 3 is 2.45 bits per heavy atom. The van der Waals surface area contributed by atoms with Crippen LogP contribution in [0.4, 0.5) is 13.2 Å². The maximum atomic E-state index is 12.8. The molecule has 7 heteroatoms. The minimum Gasteiger partial charge on any atom is -0.327 e. The van der Waals surface area contributed by atoms with Gasteiger partial charge in [-0.05, 0) is 25.5 Å². The Labute approximate surface area is 114 Å². The maximum Gasteiger partial charge on any atom is 0.434 e. The fraction of sp³-hybridized carbons (Fsp3) is 0.385. The summed E-state index contributed by atoms with van der Waals surface area (Å²) in [7, 11) is 0. The van der Waals surface area contributed by atoms with Crippen molar-refractivity contribution in [1.29, 1.82) is 0 Å². The van der Waals surface area contributed by atoms with Crippen molar-refractivity contribution in [3.05, 3.63) is 35.8 Å². The van der Waals surface area contributed by atoms with Crippen LogP contribution in [0.5, 0.6) is 0 Å². The summed E-state index contributed by atoms with van der Waals surface area (Å²) in [5, 5.41) is 0. The zero-order valence-corrected chi connectivity index (χ0v) is 11.1. The quantitative estimate of drug-likeness (QED) is 0.942. The molecule has 2 aromatic rings. The molecule has 0 saturated heterocycles. The zero-order chi connectivity index (χ0) is 14.9. The molecular formula is C13H15F3N4. The largest absolute Gasteiger partial charge is 0.434 e. The maximum absolute atomic E-state index is 12.8. The smallest absolute Gasteiger partial charge is 0.327 e. The first kappa shape index (κ1) is 14.5. The Kier molecular flexibility index (Phi) is 3.80. The van der Waals surface area contributed by atoms with E-state index in [9.17, 15) is 13.2 Å². The van der Waals surface area contributed by atoms with Gasteiger partial charge in [-0.25, -0.2) is 4.98 Å². The molecule has 4 nitrogen and oxygen atoms in total. The van der Waals surface area contributed by atoms with Crippen LogP contribution >= 0.6 is 0 Å². The highest BCUT2D eigenvalue weighted by Gasteiger charge is 2.35. The first-order valence-electron chi connectivity index (χ1n) is 6.14. The summed E-state index contributed by atoms with van der Waals surface area (Å²) in [5.74, 6) is 0.205. The summed E-state index contributed by atoms with van der Waals surface area (Å²) >= 11 is 0. The van der Waals surface area contributed by atoms with E-state index in [0.717, 1.165) is 11.8 Å². The lowest BCUT2D eigenvalue weighted by Gasteiger charge is -2.10. The van der Waals surface area contributed by atoms with E-state index in [4.69, 9.17) is 5.73 Å². The molecule has 2 heterocycles. The van der Waals surface area contributed by atoms with Crippen LogP contribution in [-0.2, 0) is 12.7 Å². The first-order valence-corrected chi connectivity index (χ1v) is 6.14. The normalized spacial score (nSPS) is 12.2. The Morgan fingerprint density at radius 1 is 1.30 bits per heavy atom. The van der Waals surface area contributed by atoms with Crippen molar-refractivity contribution < 1.29 is 13.2 Å².